The number of hydrogen-bond acceptors (Lipinski definition) is 4. The highest BCUT2D eigenvalue weighted by atomic mass is 15.2. The van der Waals surface area contributed by atoms with Crippen LogP contribution in [0.4, 0.5) is 5.82 Å². The van der Waals surface area contributed by atoms with Crippen molar-refractivity contribution in [3.05, 3.63) is 30.2 Å². The molecule has 1 saturated carbocycles. The van der Waals surface area contributed by atoms with Gasteiger partial charge >= 0.3 is 0 Å². The Hall–Kier alpha value is -1.42. The van der Waals surface area contributed by atoms with Crippen LogP contribution in [0.5, 0.6) is 0 Å². The monoisotopic (exact) mass is 246 g/mol. The second kappa shape index (κ2) is 5.96. The number of nitrogens with zero attached hydrogens (tertiary/aromatic N) is 3. The quantitative estimate of drug-likeness (QED) is 0.748. The first-order valence-corrected chi connectivity index (χ1v) is 6.62. The van der Waals surface area contributed by atoms with Gasteiger partial charge in [0.25, 0.3) is 0 Å². The Morgan fingerprint density at radius 3 is 2.89 bits per heavy atom. The molecular formula is C14H22N4. The Morgan fingerprint density at radius 1 is 1.50 bits per heavy atom. The third-order valence-corrected chi connectivity index (χ3v) is 2.99. The number of hydrogen-bond donors (Lipinski definition) is 1. The van der Waals surface area contributed by atoms with Crippen molar-refractivity contribution in [3.63, 3.8) is 0 Å². The van der Waals surface area contributed by atoms with Crippen molar-refractivity contribution in [1.29, 1.82) is 0 Å². The van der Waals surface area contributed by atoms with Crippen LogP contribution in [0, 0.1) is 0 Å². The van der Waals surface area contributed by atoms with Gasteiger partial charge in [0.15, 0.2) is 0 Å². The molecule has 4 heteroatoms. The van der Waals surface area contributed by atoms with Gasteiger partial charge in [0.1, 0.15) is 5.82 Å². The van der Waals surface area contributed by atoms with Crippen LogP contribution in [0.15, 0.2) is 24.5 Å². The normalized spacial score (nSPS) is 14.6. The van der Waals surface area contributed by atoms with Crippen molar-refractivity contribution in [3.8, 4) is 0 Å². The molecule has 0 unspecified atom stereocenters. The Kier molecular flexibility index (Phi) is 4.31. The maximum absolute atomic E-state index is 4.66. The molecule has 0 aromatic carbocycles. The zero-order valence-corrected chi connectivity index (χ0v) is 11.3. The predicted molar refractivity (Wildman–Crippen MR) is 74.6 cm³/mol. The van der Waals surface area contributed by atoms with Gasteiger partial charge in [-0.1, -0.05) is 12.2 Å². The molecule has 0 saturated heterocycles. The van der Waals surface area contributed by atoms with Gasteiger partial charge in [0.05, 0.1) is 11.9 Å². The van der Waals surface area contributed by atoms with E-state index in [1.807, 2.05) is 19.3 Å². The molecular weight excluding hydrogens is 224 g/mol. The van der Waals surface area contributed by atoms with Crippen LogP contribution in [0.25, 0.3) is 0 Å². The van der Waals surface area contributed by atoms with Crippen LogP contribution in [0.1, 0.15) is 32.4 Å². The maximum atomic E-state index is 4.66. The van der Waals surface area contributed by atoms with Crippen LogP contribution in [0.3, 0.4) is 0 Å². The average molecular weight is 246 g/mol. The summed E-state index contributed by atoms with van der Waals surface area (Å²) >= 11 is 0. The number of likely N-dealkylation sites (N-methyl/N-ethyl adjacent to an activating group) is 1. The number of nitrogens with one attached hydrogen (secondary N) is 1. The smallest absolute Gasteiger partial charge is 0.147 e. The summed E-state index contributed by atoms with van der Waals surface area (Å²) in [4.78, 5) is 11.1. The van der Waals surface area contributed by atoms with Crippen LogP contribution in [-0.2, 0) is 6.54 Å². The Balaban J connectivity index is 2.01. The minimum atomic E-state index is 0.702. The van der Waals surface area contributed by atoms with Gasteiger partial charge in [-0.3, -0.25) is 4.98 Å². The molecule has 1 aliphatic carbocycles. The molecule has 0 spiro atoms. The zero-order chi connectivity index (χ0) is 13.0. The van der Waals surface area contributed by atoms with Gasteiger partial charge < -0.3 is 10.2 Å². The van der Waals surface area contributed by atoms with Crippen molar-refractivity contribution in [2.24, 2.45) is 0 Å². The number of aromatic nitrogens is 2. The van der Waals surface area contributed by atoms with E-state index in [9.17, 15) is 0 Å². The van der Waals surface area contributed by atoms with E-state index in [0.29, 0.717) is 6.04 Å². The summed E-state index contributed by atoms with van der Waals surface area (Å²) in [5.41, 5.74) is 2.15. The summed E-state index contributed by atoms with van der Waals surface area (Å²) < 4.78 is 0. The summed E-state index contributed by atoms with van der Waals surface area (Å²) in [5.74, 6) is 0.940. The Labute approximate surface area is 109 Å². The van der Waals surface area contributed by atoms with Crippen LogP contribution in [0.2, 0.25) is 0 Å². The van der Waals surface area contributed by atoms with Gasteiger partial charge in [-0.05, 0) is 26.7 Å². The second-order valence-electron chi connectivity index (χ2n) is 5.00. The summed E-state index contributed by atoms with van der Waals surface area (Å²) in [6, 6.07) is 0.702. The van der Waals surface area contributed by atoms with E-state index in [2.05, 4.69) is 33.7 Å². The van der Waals surface area contributed by atoms with Crippen LogP contribution < -0.4 is 10.2 Å². The molecule has 0 atom stereocenters. The topological polar surface area (TPSA) is 41.1 Å². The number of rotatable bonds is 7. The lowest BCUT2D eigenvalue weighted by Crippen LogP contribution is -2.26. The summed E-state index contributed by atoms with van der Waals surface area (Å²) in [7, 11) is 0. The molecule has 1 heterocycles. The molecule has 1 N–H and O–H groups in total. The van der Waals surface area contributed by atoms with Crippen molar-refractivity contribution < 1.29 is 0 Å². The lowest BCUT2D eigenvalue weighted by molar-refractivity contribution is 0.669. The van der Waals surface area contributed by atoms with E-state index in [1.165, 1.54) is 12.8 Å². The molecule has 1 aromatic rings. The zero-order valence-electron chi connectivity index (χ0n) is 11.3. The van der Waals surface area contributed by atoms with Crippen molar-refractivity contribution in [2.45, 2.75) is 39.3 Å². The molecule has 1 aliphatic rings. The molecule has 98 valence electrons. The summed E-state index contributed by atoms with van der Waals surface area (Å²) in [6.07, 6.45) is 6.26. The fourth-order valence-corrected chi connectivity index (χ4v) is 1.85. The van der Waals surface area contributed by atoms with Crippen LogP contribution in [-0.4, -0.2) is 29.1 Å². The van der Waals surface area contributed by atoms with Gasteiger partial charge in [0, 0.05) is 31.9 Å². The van der Waals surface area contributed by atoms with E-state index >= 15 is 0 Å². The molecule has 4 nitrogen and oxygen atoms in total. The lowest BCUT2D eigenvalue weighted by Gasteiger charge is -2.22. The average Bonchev–Trinajstić information content (AvgIpc) is 3.17. The van der Waals surface area contributed by atoms with E-state index < -0.39 is 0 Å². The molecule has 0 bridgehead atoms. The van der Waals surface area contributed by atoms with Gasteiger partial charge in [-0.15, -0.1) is 0 Å². The molecule has 18 heavy (non-hydrogen) atoms. The minimum absolute atomic E-state index is 0.702. The third kappa shape index (κ3) is 3.81. The molecule has 1 fully saturated rings. The first kappa shape index (κ1) is 13.0. The van der Waals surface area contributed by atoms with Gasteiger partial charge in [-0.25, -0.2) is 4.98 Å². The maximum Gasteiger partial charge on any atom is 0.147 e. The molecule has 0 radical (unpaired) electrons. The van der Waals surface area contributed by atoms with E-state index in [-0.39, 0.29) is 0 Å². The van der Waals surface area contributed by atoms with Crippen molar-refractivity contribution >= 4 is 5.82 Å². The van der Waals surface area contributed by atoms with E-state index in [4.69, 9.17) is 0 Å². The minimum Gasteiger partial charge on any atom is -0.352 e. The summed E-state index contributed by atoms with van der Waals surface area (Å²) in [6.45, 7) is 10.7. The van der Waals surface area contributed by atoms with Crippen LogP contribution >= 0.6 is 0 Å². The SMILES string of the molecule is C=C(C)CN(CC)c1cncc(CNC2CC2)n1. The van der Waals surface area contributed by atoms with Crippen molar-refractivity contribution in [2.75, 3.05) is 18.0 Å². The predicted octanol–water partition coefficient (Wildman–Crippen LogP) is 2.13. The van der Waals surface area contributed by atoms with Gasteiger partial charge in [0.2, 0.25) is 0 Å². The van der Waals surface area contributed by atoms with Gasteiger partial charge in [-0.2, -0.15) is 0 Å². The highest BCUT2D eigenvalue weighted by Crippen LogP contribution is 2.19. The van der Waals surface area contributed by atoms with E-state index in [1.54, 1.807) is 0 Å². The fraction of sp³-hybridized carbons (Fsp3) is 0.571. The number of anilines is 1. The lowest BCUT2D eigenvalue weighted by atomic mass is 10.3. The highest BCUT2D eigenvalue weighted by molar-refractivity contribution is 5.37. The largest absolute Gasteiger partial charge is 0.352 e. The molecule has 0 aliphatic heterocycles. The molecule has 0 amide bonds. The first-order valence-electron chi connectivity index (χ1n) is 6.62. The molecule has 2 rings (SSSR count). The standard InChI is InChI=1S/C14H22N4/c1-4-18(10-11(2)3)14-9-15-7-13(17-14)8-16-12-5-6-12/h7,9,12,16H,2,4-6,8,10H2,1,3H3. The highest BCUT2D eigenvalue weighted by Gasteiger charge is 2.20. The van der Waals surface area contributed by atoms with E-state index in [0.717, 1.165) is 36.7 Å². The Morgan fingerprint density at radius 2 is 2.28 bits per heavy atom. The Bertz CT molecular complexity index is 412. The van der Waals surface area contributed by atoms with Crippen molar-refractivity contribution in [1.82, 2.24) is 15.3 Å². The fourth-order valence-electron chi connectivity index (χ4n) is 1.85. The summed E-state index contributed by atoms with van der Waals surface area (Å²) in [5, 5.41) is 3.46. The third-order valence-electron chi connectivity index (χ3n) is 2.99. The first-order chi connectivity index (χ1) is 8.69. The molecule has 1 aromatic heterocycles. The second-order valence-corrected chi connectivity index (χ2v) is 5.00.